The highest BCUT2D eigenvalue weighted by Gasteiger charge is 2.31. The summed E-state index contributed by atoms with van der Waals surface area (Å²) < 4.78 is 0.897. The van der Waals surface area contributed by atoms with E-state index in [1.807, 2.05) is 0 Å². The van der Waals surface area contributed by atoms with Crippen molar-refractivity contribution in [3.63, 3.8) is 0 Å². The molecule has 1 fully saturated rings. The van der Waals surface area contributed by atoms with Crippen LogP contribution >= 0.6 is 27.3 Å². The molecule has 3 rings (SSSR count). The fourth-order valence-electron chi connectivity index (χ4n) is 1.85. The lowest BCUT2D eigenvalue weighted by molar-refractivity contribution is 0.0991. The highest BCUT2D eigenvalue weighted by atomic mass is 79.9. The molecule has 0 bridgehead atoms. The van der Waals surface area contributed by atoms with Crippen molar-refractivity contribution < 1.29 is 4.79 Å². The molecule has 0 saturated heterocycles. The molecule has 2 aromatic heterocycles. The summed E-state index contributed by atoms with van der Waals surface area (Å²) >= 11 is 4.77. The molecule has 0 aliphatic heterocycles. The Balaban J connectivity index is 1.91. The summed E-state index contributed by atoms with van der Waals surface area (Å²) in [5.74, 6) is 0.308. The molecular formula is C12H11BrN4OS. The van der Waals surface area contributed by atoms with Gasteiger partial charge >= 0.3 is 0 Å². The van der Waals surface area contributed by atoms with Crippen LogP contribution in [-0.4, -0.2) is 27.9 Å². The third kappa shape index (κ3) is 2.52. The Morgan fingerprint density at radius 1 is 1.42 bits per heavy atom. The molecule has 1 aliphatic carbocycles. The van der Waals surface area contributed by atoms with Crippen molar-refractivity contribution in [3.8, 4) is 0 Å². The molecule has 0 N–H and O–H groups in total. The van der Waals surface area contributed by atoms with Crippen molar-refractivity contribution in [1.29, 1.82) is 0 Å². The Morgan fingerprint density at radius 2 is 2.21 bits per heavy atom. The third-order valence-electron chi connectivity index (χ3n) is 2.99. The first kappa shape index (κ1) is 12.7. The van der Waals surface area contributed by atoms with Crippen LogP contribution in [0.4, 0.5) is 5.13 Å². The van der Waals surface area contributed by atoms with Crippen molar-refractivity contribution >= 4 is 38.3 Å². The van der Waals surface area contributed by atoms with Crippen molar-refractivity contribution in [1.82, 2.24) is 15.0 Å². The number of hydrogen-bond donors (Lipinski definition) is 0. The summed E-state index contributed by atoms with van der Waals surface area (Å²) in [7, 11) is 1.72. The van der Waals surface area contributed by atoms with Crippen LogP contribution in [0.15, 0.2) is 22.5 Å². The number of anilines is 1. The zero-order valence-corrected chi connectivity index (χ0v) is 12.6. The molecule has 0 radical (unpaired) electrons. The summed E-state index contributed by atoms with van der Waals surface area (Å²) in [6, 6.07) is 0. The Bertz CT molecular complexity index is 626. The quantitative estimate of drug-likeness (QED) is 0.863. The van der Waals surface area contributed by atoms with E-state index in [0.717, 1.165) is 22.3 Å². The number of aromatic nitrogens is 3. The zero-order chi connectivity index (χ0) is 13.4. The summed E-state index contributed by atoms with van der Waals surface area (Å²) in [6.07, 6.45) is 6.99. The molecule has 0 unspecified atom stereocenters. The van der Waals surface area contributed by atoms with Crippen molar-refractivity contribution in [2.24, 2.45) is 0 Å². The molecule has 5 nitrogen and oxygen atoms in total. The molecule has 0 spiro atoms. The molecule has 7 heteroatoms. The Hall–Kier alpha value is -1.34. The van der Waals surface area contributed by atoms with Crippen molar-refractivity contribution in [3.05, 3.63) is 33.8 Å². The van der Waals surface area contributed by atoms with Gasteiger partial charge in [-0.15, -0.1) is 0 Å². The van der Waals surface area contributed by atoms with Gasteiger partial charge < -0.3 is 0 Å². The van der Waals surface area contributed by atoms with Crippen LogP contribution in [0.3, 0.4) is 0 Å². The number of rotatable bonds is 3. The number of halogens is 1. The summed E-state index contributed by atoms with van der Waals surface area (Å²) in [6.45, 7) is 0. The second-order valence-corrected chi connectivity index (χ2v) is 6.80. The van der Waals surface area contributed by atoms with E-state index in [1.165, 1.54) is 17.7 Å². The van der Waals surface area contributed by atoms with E-state index in [0.29, 0.717) is 16.6 Å². The highest BCUT2D eigenvalue weighted by Crippen LogP contribution is 2.40. The van der Waals surface area contributed by atoms with Crippen LogP contribution in [0.25, 0.3) is 0 Å². The highest BCUT2D eigenvalue weighted by molar-refractivity contribution is 9.11. The first-order valence-corrected chi connectivity index (χ1v) is 7.47. The summed E-state index contributed by atoms with van der Waals surface area (Å²) in [4.78, 5) is 26.5. The second-order valence-electron chi connectivity index (χ2n) is 4.41. The molecule has 98 valence electrons. The summed E-state index contributed by atoms with van der Waals surface area (Å²) in [5.41, 5.74) is 1.45. The first-order chi connectivity index (χ1) is 9.16. The van der Waals surface area contributed by atoms with E-state index in [1.54, 1.807) is 24.3 Å². The SMILES string of the molecule is CN(C(=O)c1cncnc1C1CC1)c1ncc(Br)s1. The maximum absolute atomic E-state index is 12.5. The Kier molecular flexibility index (Phi) is 3.32. The second kappa shape index (κ2) is 4.97. The molecule has 2 aromatic rings. The monoisotopic (exact) mass is 338 g/mol. The normalized spacial score (nSPS) is 14.4. The van der Waals surface area contributed by atoms with Gasteiger partial charge in [0, 0.05) is 19.2 Å². The number of thiazole rings is 1. The maximum Gasteiger partial charge on any atom is 0.263 e. The minimum absolute atomic E-state index is 0.107. The van der Waals surface area contributed by atoms with Crippen molar-refractivity contribution in [2.45, 2.75) is 18.8 Å². The number of amides is 1. The lowest BCUT2D eigenvalue weighted by Gasteiger charge is -2.15. The largest absolute Gasteiger partial charge is 0.287 e. The topological polar surface area (TPSA) is 59.0 Å². The van der Waals surface area contributed by atoms with Crippen LogP contribution in [0, 0.1) is 0 Å². The van der Waals surface area contributed by atoms with E-state index in [2.05, 4.69) is 30.9 Å². The maximum atomic E-state index is 12.5. The van der Waals surface area contributed by atoms with Gasteiger partial charge in [-0.3, -0.25) is 9.69 Å². The van der Waals surface area contributed by atoms with Gasteiger partial charge in [0.05, 0.1) is 21.2 Å². The van der Waals surface area contributed by atoms with E-state index in [4.69, 9.17) is 0 Å². The first-order valence-electron chi connectivity index (χ1n) is 5.86. The van der Waals surface area contributed by atoms with Gasteiger partial charge in [-0.05, 0) is 28.8 Å². The predicted molar refractivity (Wildman–Crippen MR) is 76.6 cm³/mol. The standard InChI is InChI=1S/C12H11BrN4OS/c1-17(12-15-5-9(13)19-12)11(18)8-4-14-6-16-10(8)7-2-3-7/h4-7H,2-3H2,1H3. The fraction of sp³-hybridized carbons (Fsp3) is 0.333. The van der Waals surface area contributed by atoms with Gasteiger partial charge in [-0.25, -0.2) is 15.0 Å². The van der Waals surface area contributed by atoms with Gasteiger partial charge in [0.25, 0.3) is 5.91 Å². The van der Waals surface area contributed by atoms with Crippen LogP contribution in [0.1, 0.15) is 34.8 Å². The summed E-state index contributed by atoms with van der Waals surface area (Å²) in [5, 5.41) is 0.655. The Morgan fingerprint density at radius 3 is 2.84 bits per heavy atom. The smallest absolute Gasteiger partial charge is 0.263 e. The van der Waals surface area contributed by atoms with E-state index in [-0.39, 0.29) is 5.91 Å². The molecule has 0 aromatic carbocycles. The third-order valence-corrected chi connectivity index (χ3v) is 4.55. The Labute approximate surface area is 122 Å². The average Bonchev–Trinajstić information content (AvgIpc) is 3.19. The van der Waals surface area contributed by atoms with Gasteiger partial charge in [-0.1, -0.05) is 11.3 Å². The van der Waals surface area contributed by atoms with Crippen molar-refractivity contribution in [2.75, 3.05) is 11.9 Å². The number of nitrogens with zero attached hydrogens (tertiary/aromatic N) is 4. The van der Waals surface area contributed by atoms with E-state index >= 15 is 0 Å². The minimum Gasteiger partial charge on any atom is -0.287 e. The molecule has 1 aliphatic rings. The van der Waals surface area contributed by atoms with Crippen LogP contribution in [0.5, 0.6) is 0 Å². The van der Waals surface area contributed by atoms with Gasteiger partial charge in [-0.2, -0.15) is 0 Å². The number of hydrogen-bond acceptors (Lipinski definition) is 5. The minimum atomic E-state index is -0.107. The van der Waals surface area contributed by atoms with Gasteiger partial charge in [0.2, 0.25) is 0 Å². The van der Waals surface area contributed by atoms with Crippen LogP contribution in [0.2, 0.25) is 0 Å². The molecule has 19 heavy (non-hydrogen) atoms. The molecule has 2 heterocycles. The number of carbonyl (C=O) groups excluding carboxylic acids is 1. The lowest BCUT2D eigenvalue weighted by atomic mass is 10.1. The fourth-order valence-corrected chi connectivity index (χ4v) is 3.00. The van der Waals surface area contributed by atoms with Crippen LogP contribution in [-0.2, 0) is 0 Å². The van der Waals surface area contributed by atoms with E-state index < -0.39 is 0 Å². The van der Waals surface area contributed by atoms with Crippen LogP contribution < -0.4 is 4.90 Å². The molecule has 0 atom stereocenters. The molecule has 1 saturated carbocycles. The lowest BCUT2D eigenvalue weighted by Crippen LogP contribution is -2.27. The van der Waals surface area contributed by atoms with Gasteiger partial charge in [0.15, 0.2) is 5.13 Å². The zero-order valence-electron chi connectivity index (χ0n) is 10.2. The predicted octanol–water partition coefficient (Wildman–Crippen LogP) is 2.85. The van der Waals surface area contributed by atoms with Gasteiger partial charge in [0.1, 0.15) is 6.33 Å². The molecular weight excluding hydrogens is 328 g/mol. The average molecular weight is 339 g/mol. The van der Waals surface area contributed by atoms with E-state index in [9.17, 15) is 4.79 Å². The number of carbonyl (C=O) groups is 1. The molecule has 1 amide bonds.